The lowest BCUT2D eigenvalue weighted by Gasteiger charge is -2.12. The SMILES string of the molecule is CC.NC(=O)c1c(-c2ccc(CC3CC3)cc2)cc(-c2ccc(OCCCCCC(F)(F)F)cc2)[nH]c1=O. The van der Waals surface area contributed by atoms with Crippen molar-refractivity contribution in [2.45, 2.75) is 65.0 Å². The van der Waals surface area contributed by atoms with Gasteiger partial charge in [0.15, 0.2) is 0 Å². The van der Waals surface area contributed by atoms with E-state index in [4.69, 9.17) is 10.5 Å². The molecule has 0 radical (unpaired) electrons. The number of ether oxygens (including phenoxy) is 1. The molecule has 1 saturated carbocycles. The molecule has 1 aromatic heterocycles. The van der Waals surface area contributed by atoms with Gasteiger partial charge in [-0.25, -0.2) is 0 Å². The number of primary amides is 1. The van der Waals surface area contributed by atoms with E-state index in [9.17, 15) is 22.8 Å². The molecular weight excluding hydrogens is 493 g/mol. The molecular formula is C30H35F3N2O3. The first-order valence-corrected chi connectivity index (χ1v) is 13.2. The molecule has 4 rings (SSSR count). The van der Waals surface area contributed by atoms with Crippen LogP contribution in [0.5, 0.6) is 5.75 Å². The Hall–Kier alpha value is -3.55. The standard InChI is InChI=1S/C28H29F3N2O3.C2H6/c29-28(30,31)14-2-1-3-15-36-22-12-10-21(11-13-22)24-17-23(25(26(32)34)27(35)33-24)20-8-6-19(7-9-20)16-18-4-5-18;1-2/h6-13,17-18H,1-5,14-16H2,(H2,32,34)(H,33,35);1-2H3. The summed E-state index contributed by atoms with van der Waals surface area (Å²) in [4.78, 5) is 27.6. The molecule has 1 aliphatic rings. The number of aromatic nitrogens is 1. The molecule has 204 valence electrons. The summed E-state index contributed by atoms with van der Waals surface area (Å²) < 4.78 is 42.2. The minimum absolute atomic E-state index is 0.0841. The predicted molar refractivity (Wildman–Crippen MR) is 144 cm³/mol. The number of carbonyl (C=O) groups excluding carboxylic acids is 1. The number of alkyl halides is 3. The summed E-state index contributed by atoms with van der Waals surface area (Å²) in [7, 11) is 0. The van der Waals surface area contributed by atoms with Gasteiger partial charge in [-0.1, -0.05) is 38.1 Å². The number of pyridine rings is 1. The highest BCUT2D eigenvalue weighted by molar-refractivity contribution is 6.00. The number of H-pyrrole nitrogens is 1. The molecule has 3 N–H and O–H groups in total. The van der Waals surface area contributed by atoms with E-state index in [0.717, 1.165) is 17.9 Å². The summed E-state index contributed by atoms with van der Waals surface area (Å²) >= 11 is 0. The van der Waals surface area contributed by atoms with Crippen molar-refractivity contribution in [3.05, 3.63) is 76.1 Å². The second kappa shape index (κ2) is 13.3. The zero-order chi connectivity index (χ0) is 27.7. The van der Waals surface area contributed by atoms with Crippen molar-refractivity contribution in [1.82, 2.24) is 4.98 Å². The van der Waals surface area contributed by atoms with Gasteiger partial charge in [0.2, 0.25) is 0 Å². The van der Waals surface area contributed by atoms with Crippen molar-refractivity contribution in [3.63, 3.8) is 0 Å². The third-order valence-electron chi connectivity index (χ3n) is 6.30. The average Bonchev–Trinajstić information content (AvgIpc) is 3.71. The number of benzene rings is 2. The number of halogens is 3. The number of rotatable bonds is 11. The van der Waals surface area contributed by atoms with Gasteiger partial charge in [-0.2, -0.15) is 13.2 Å². The van der Waals surface area contributed by atoms with E-state index in [1.807, 2.05) is 38.1 Å². The molecule has 1 amide bonds. The van der Waals surface area contributed by atoms with Gasteiger partial charge < -0.3 is 15.5 Å². The largest absolute Gasteiger partial charge is 0.494 e. The van der Waals surface area contributed by atoms with Gasteiger partial charge in [0.25, 0.3) is 11.5 Å². The van der Waals surface area contributed by atoms with Gasteiger partial charge in [0, 0.05) is 17.7 Å². The molecule has 0 atom stereocenters. The smallest absolute Gasteiger partial charge is 0.389 e. The minimum Gasteiger partial charge on any atom is -0.494 e. The molecule has 2 aromatic carbocycles. The van der Waals surface area contributed by atoms with E-state index >= 15 is 0 Å². The molecule has 5 nitrogen and oxygen atoms in total. The van der Waals surface area contributed by atoms with Crippen LogP contribution in [0.15, 0.2) is 59.4 Å². The van der Waals surface area contributed by atoms with Crippen LogP contribution in [0, 0.1) is 5.92 Å². The molecule has 0 unspecified atom stereocenters. The number of aromatic amines is 1. The number of nitrogens with two attached hydrogens (primary N) is 1. The molecule has 8 heteroatoms. The number of amides is 1. The maximum atomic E-state index is 12.8. The van der Waals surface area contributed by atoms with Crippen LogP contribution in [0.25, 0.3) is 22.4 Å². The van der Waals surface area contributed by atoms with E-state index in [1.54, 1.807) is 30.3 Å². The molecule has 1 fully saturated rings. The van der Waals surface area contributed by atoms with E-state index in [2.05, 4.69) is 4.98 Å². The van der Waals surface area contributed by atoms with Crippen molar-refractivity contribution < 1.29 is 22.7 Å². The maximum absolute atomic E-state index is 12.8. The molecule has 3 aromatic rings. The Morgan fingerprint density at radius 1 is 0.974 bits per heavy atom. The Balaban J connectivity index is 0.00000195. The van der Waals surface area contributed by atoms with Gasteiger partial charge in [-0.15, -0.1) is 0 Å². The van der Waals surface area contributed by atoms with Crippen LogP contribution in [-0.4, -0.2) is 23.7 Å². The monoisotopic (exact) mass is 528 g/mol. The number of unbranched alkanes of at least 4 members (excludes halogenated alkanes) is 2. The Labute approximate surface area is 221 Å². The molecule has 1 heterocycles. The molecule has 0 saturated heterocycles. The lowest BCUT2D eigenvalue weighted by Crippen LogP contribution is -2.25. The second-order valence-electron chi connectivity index (χ2n) is 9.31. The minimum atomic E-state index is -4.12. The zero-order valence-corrected chi connectivity index (χ0v) is 21.9. The molecule has 1 aliphatic carbocycles. The predicted octanol–water partition coefficient (Wildman–Crippen LogP) is 7.29. The van der Waals surface area contributed by atoms with Crippen LogP contribution < -0.4 is 16.0 Å². The van der Waals surface area contributed by atoms with Crippen LogP contribution in [0.2, 0.25) is 0 Å². The lowest BCUT2D eigenvalue weighted by molar-refractivity contribution is -0.135. The summed E-state index contributed by atoms with van der Waals surface area (Å²) in [6.45, 7) is 4.32. The fourth-order valence-electron chi connectivity index (χ4n) is 4.19. The van der Waals surface area contributed by atoms with E-state index in [-0.39, 0.29) is 12.0 Å². The number of hydrogen-bond donors (Lipinski definition) is 2. The number of hydrogen-bond acceptors (Lipinski definition) is 3. The third-order valence-corrected chi connectivity index (χ3v) is 6.30. The van der Waals surface area contributed by atoms with E-state index in [1.165, 1.54) is 18.4 Å². The summed E-state index contributed by atoms with van der Waals surface area (Å²) in [6.07, 6.45) is -0.281. The second-order valence-corrected chi connectivity index (χ2v) is 9.31. The number of nitrogens with one attached hydrogen (secondary N) is 1. The highest BCUT2D eigenvalue weighted by atomic mass is 19.4. The fourth-order valence-corrected chi connectivity index (χ4v) is 4.19. The lowest BCUT2D eigenvalue weighted by atomic mass is 9.96. The summed E-state index contributed by atoms with van der Waals surface area (Å²) in [6, 6.07) is 16.6. The summed E-state index contributed by atoms with van der Waals surface area (Å²) in [5.74, 6) is 0.542. The Kier molecular flexibility index (Phi) is 10.2. The average molecular weight is 529 g/mol. The van der Waals surface area contributed by atoms with Crippen LogP contribution >= 0.6 is 0 Å². The van der Waals surface area contributed by atoms with E-state index < -0.39 is 24.1 Å². The molecule has 0 spiro atoms. The normalized spacial score (nSPS) is 13.0. The topological polar surface area (TPSA) is 85.2 Å². The zero-order valence-electron chi connectivity index (χ0n) is 21.9. The Morgan fingerprint density at radius 2 is 1.61 bits per heavy atom. The van der Waals surface area contributed by atoms with Crippen molar-refractivity contribution in [2.24, 2.45) is 11.7 Å². The van der Waals surface area contributed by atoms with E-state index in [0.29, 0.717) is 42.0 Å². The molecule has 0 aliphatic heterocycles. The Morgan fingerprint density at radius 3 is 2.18 bits per heavy atom. The van der Waals surface area contributed by atoms with Crippen molar-refractivity contribution in [1.29, 1.82) is 0 Å². The first-order valence-electron chi connectivity index (χ1n) is 13.2. The van der Waals surface area contributed by atoms with Crippen LogP contribution in [0.4, 0.5) is 13.2 Å². The first kappa shape index (κ1) is 29.0. The van der Waals surface area contributed by atoms with Crippen molar-refractivity contribution in [3.8, 4) is 28.1 Å². The number of carbonyl (C=O) groups is 1. The van der Waals surface area contributed by atoms with Crippen molar-refractivity contribution >= 4 is 5.91 Å². The Bertz CT molecular complexity index is 1250. The quantitative estimate of drug-likeness (QED) is 0.256. The fraction of sp³-hybridized carbons (Fsp3) is 0.400. The summed E-state index contributed by atoms with van der Waals surface area (Å²) in [5.41, 5.74) is 8.57. The van der Waals surface area contributed by atoms with Crippen LogP contribution in [-0.2, 0) is 6.42 Å². The third kappa shape index (κ3) is 8.50. The van der Waals surface area contributed by atoms with Gasteiger partial charge in [-0.3, -0.25) is 9.59 Å². The van der Waals surface area contributed by atoms with Crippen LogP contribution in [0.3, 0.4) is 0 Å². The maximum Gasteiger partial charge on any atom is 0.389 e. The molecule has 0 bridgehead atoms. The van der Waals surface area contributed by atoms with Gasteiger partial charge in [0.05, 0.1) is 6.61 Å². The molecule has 38 heavy (non-hydrogen) atoms. The highest BCUT2D eigenvalue weighted by Gasteiger charge is 2.25. The summed E-state index contributed by atoms with van der Waals surface area (Å²) in [5, 5.41) is 0. The van der Waals surface area contributed by atoms with Gasteiger partial charge in [0.1, 0.15) is 11.3 Å². The van der Waals surface area contributed by atoms with Crippen LogP contribution in [0.1, 0.15) is 68.3 Å². The van der Waals surface area contributed by atoms with Gasteiger partial charge in [-0.05, 0) is 91.5 Å². The van der Waals surface area contributed by atoms with Crippen molar-refractivity contribution in [2.75, 3.05) is 6.61 Å². The first-order chi connectivity index (χ1) is 18.2. The van der Waals surface area contributed by atoms with Gasteiger partial charge >= 0.3 is 6.18 Å². The highest BCUT2D eigenvalue weighted by Crippen LogP contribution is 2.33.